The second-order valence-corrected chi connectivity index (χ2v) is 9.92. The number of amides is 2. The summed E-state index contributed by atoms with van der Waals surface area (Å²) in [5.41, 5.74) is 9.00. The zero-order chi connectivity index (χ0) is 24.3. The first kappa shape index (κ1) is 23.3. The third-order valence-electron chi connectivity index (χ3n) is 7.85. The van der Waals surface area contributed by atoms with Gasteiger partial charge in [-0.1, -0.05) is 84.9 Å². The zero-order valence-electron chi connectivity index (χ0n) is 20.0. The molecule has 0 bridgehead atoms. The van der Waals surface area contributed by atoms with Gasteiger partial charge in [0.15, 0.2) is 0 Å². The van der Waals surface area contributed by atoms with Gasteiger partial charge in [0.05, 0.1) is 10.8 Å². The molecule has 2 fully saturated rings. The summed E-state index contributed by atoms with van der Waals surface area (Å²) in [5.74, 6) is -0.241. The van der Waals surface area contributed by atoms with Crippen LogP contribution in [0.25, 0.3) is 11.1 Å². The fraction of sp³-hybridized carbons (Fsp3) is 0.333. The Morgan fingerprint density at radius 1 is 0.800 bits per heavy atom. The van der Waals surface area contributed by atoms with Crippen LogP contribution < -0.4 is 5.73 Å². The fourth-order valence-corrected chi connectivity index (χ4v) is 5.72. The highest BCUT2D eigenvalue weighted by atomic mass is 16.5. The van der Waals surface area contributed by atoms with Gasteiger partial charge in [-0.25, -0.2) is 0 Å². The van der Waals surface area contributed by atoms with Crippen LogP contribution in [0.2, 0.25) is 0 Å². The molecular formula is C30H32N2O3. The second kappa shape index (κ2) is 9.67. The molecule has 0 radical (unpaired) electrons. The Balaban J connectivity index is 1.37. The molecule has 2 aliphatic rings. The number of hydrogen-bond acceptors (Lipinski definition) is 3. The van der Waals surface area contributed by atoms with Crippen molar-refractivity contribution in [3.8, 4) is 11.1 Å². The minimum absolute atomic E-state index is 0.0922. The monoisotopic (exact) mass is 468 g/mol. The normalized spacial score (nSPS) is 21.5. The average Bonchev–Trinajstić information content (AvgIpc) is 3.35. The van der Waals surface area contributed by atoms with Crippen LogP contribution in [0.15, 0.2) is 84.9 Å². The average molecular weight is 469 g/mol. The van der Waals surface area contributed by atoms with Gasteiger partial charge in [-0.2, -0.15) is 0 Å². The number of nitrogens with zero attached hydrogens (tertiary/aromatic N) is 1. The van der Waals surface area contributed by atoms with E-state index in [-0.39, 0.29) is 11.8 Å². The highest BCUT2D eigenvalue weighted by Gasteiger charge is 2.50. The first-order valence-corrected chi connectivity index (χ1v) is 12.4. The van der Waals surface area contributed by atoms with Gasteiger partial charge in [0.25, 0.3) is 0 Å². The maximum atomic E-state index is 14.0. The molecule has 2 saturated heterocycles. The molecule has 0 saturated carbocycles. The van der Waals surface area contributed by atoms with Gasteiger partial charge in [-0.3, -0.25) is 9.59 Å². The summed E-state index contributed by atoms with van der Waals surface area (Å²) in [6, 6.07) is 28.5. The van der Waals surface area contributed by atoms with Gasteiger partial charge in [0, 0.05) is 26.3 Å². The van der Waals surface area contributed by atoms with Gasteiger partial charge in [0.2, 0.25) is 11.8 Å². The van der Waals surface area contributed by atoms with Crippen LogP contribution >= 0.6 is 0 Å². The molecule has 0 spiro atoms. The van der Waals surface area contributed by atoms with E-state index in [0.717, 1.165) is 22.3 Å². The van der Waals surface area contributed by atoms with Crippen LogP contribution in [0, 0.1) is 5.41 Å². The lowest BCUT2D eigenvalue weighted by molar-refractivity contribution is -0.141. The molecule has 2 amide bonds. The SMILES string of the molecule is NC(=O)[C@]1(Cc2ccc(-c3ccccc3)cc2)CCN(C(=O)C2(c3ccccc3)CCOCC2)C1. The number of hydrogen-bond donors (Lipinski definition) is 1. The molecule has 5 rings (SSSR count). The molecule has 3 aromatic carbocycles. The summed E-state index contributed by atoms with van der Waals surface area (Å²) >= 11 is 0. The summed E-state index contributed by atoms with van der Waals surface area (Å²) < 4.78 is 5.61. The largest absolute Gasteiger partial charge is 0.381 e. The minimum atomic E-state index is -0.757. The van der Waals surface area contributed by atoms with Crippen molar-refractivity contribution < 1.29 is 14.3 Å². The third-order valence-corrected chi connectivity index (χ3v) is 7.85. The predicted molar refractivity (Wildman–Crippen MR) is 137 cm³/mol. The van der Waals surface area contributed by atoms with Crippen LogP contribution in [0.3, 0.4) is 0 Å². The van der Waals surface area contributed by atoms with Gasteiger partial charge >= 0.3 is 0 Å². The summed E-state index contributed by atoms with van der Waals surface area (Å²) in [4.78, 5) is 28.7. The van der Waals surface area contributed by atoms with E-state index in [1.807, 2.05) is 53.4 Å². The van der Waals surface area contributed by atoms with E-state index in [1.165, 1.54) is 0 Å². The topological polar surface area (TPSA) is 72.6 Å². The van der Waals surface area contributed by atoms with E-state index in [0.29, 0.717) is 52.0 Å². The van der Waals surface area contributed by atoms with E-state index in [2.05, 4.69) is 36.4 Å². The van der Waals surface area contributed by atoms with Gasteiger partial charge in [-0.15, -0.1) is 0 Å². The van der Waals surface area contributed by atoms with Crippen molar-refractivity contribution in [2.75, 3.05) is 26.3 Å². The molecule has 2 N–H and O–H groups in total. The summed E-state index contributed by atoms with van der Waals surface area (Å²) in [5, 5.41) is 0. The Labute approximate surface area is 206 Å². The highest BCUT2D eigenvalue weighted by molar-refractivity contribution is 5.90. The molecule has 0 unspecified atom stereocenters. The fourth-order valence-electron chi connectivity index (χ4n) is 5.72. The second-order valence-electron chi connectivity index (χ2n) is 9.92. The van der Waals surface area contributed by atoms with Gasteiger partial charge < -0.3 is 15.4 Å². The molecule has 0 aromatic heterocycles. The molecule has 5 heteroatoms. The van der Waals surface area contributed by atoms with E-state index in [4.69, 9.17) is 10.5 Å². The third kappa shape index (κ3) is 4.48. The smallest absolute Gasteiger partial charge is 0.233 e. The summed E-state index contributed by atoms with van der Waals surface area (Å²) in [7, 11) is 0. The zero-order valence-corrected chi connectivity index (χ0v) is 20.0. The molecule has 3 aromatic rings. The molecule has 180 valence electrons. The van der Waals surface area contributed by atoms with Gasteiger partial charge in [0.1, 0.15) is 0 Å². The Kier molecular flexibility index (Phi) is 6.44. The number of rotatable bonds is 6. The molecule has 2 aliphatic heterocycles. The number of carbonyl (C=O) groups is 2. The predicted octanol–water partition coefficient (Wildman–Crippen LogP) is 4.35. The molecule has 2 heterocycles. The van der Waals surface area contributed by atoms with Crippen molar-refractivity contribution in [3.05, 3.63) is 96.1 Å². The Morgan fingerprint density at radius 2 is 1.40 bits per heavy atom. The van der Waals surface area contributed by atoms with E-state index < -0.39 is 10.8 Å². The van der Waals surface area contributed by atoms with E-state index >= 15 is 0 Å². The van der Waals surface area contributed by atoms with Crippen molar-refractivity contribution >= 4 is 11.8 Å². The number of ether oxygens (including phenoxy) is 1. The number of benzene rings is 3. The molecule has 1 atom stereocenters. The summed E-state index contributed by atoms with van der Waals surface area (Å²) in [6.07, 6.45) is 2.41. The van der Waals surface area contributed by atoms with Crippen LogP contribution in [0.5, 0.6) is 0 Å². The maximum Gasteiger partial charge on any atom is 0.233 e. The lowest BCUT2D eigenvalue weighted by Crippen LogP contribution is -2.51. The van der Waals surface area contributed by atoms with Crippen molar-refractivity contribution in [3.63, 3.8) is 0 Å². The molecular weight excluding hydrogens is 436 g/mol. The molecule has 5 nitrogen and oxygen atoms in total. The Morgan fingerprint density at radius 3 is 2.03 bits per heavy atom. The van der Waals surface area contributed by atoms with Crippen molar-refractivity contribution in [1.29, 1.82) is 0 Å². The maximum absolute atomic E-state index is 14.0. The number of carbonyl (C=O) groups excluding carboxylic acids is 2. The van der Waals surface area contributed by atoms with Crippen LogP contribution in [0.1, 0.15) is 30.4 Å². The Bertz CT molecular complexity index is 1170. The van der Waals surface area contributed by atoms with Crippen LogP contribution in [-0.2, 0) is 26.2 Å². The number of primary amides is 1. The summed E-state index contributed by atoms with van der Waals surface area (Å²) in [6.45, 7) is 2.02. The van der Waals surface area contributed by atoms with Gasteiger partial charge in [-0.05, 0) is 47.9 Å². The first-order valence-electron chi connectivity index (χ1n) is 12.4. The van der Waals surface area contributed by atoms with E-state index in [9.17, 15) is 9.59 Å². The quantitative estimate of drug-likeness (QED) is 0.585. The van der Waals surface area contributed by atoms with Crippen molar-refractivity contribution in [2.45, 2.75) is 31.1 Å². The molecule has 35 heavy (non-hydrogen) atoms. The lowest BCUT2D eigenvalue weighted by Gasteiger charge is -2.39. The van der Waals surface area contributed by atoms with Crippen LogP contribution in [0.4, 0.5) is 0 Å². The first-order chi connectivity index (χ1) is 17.0. The number of nitrogens with two attached hydrogens (primary N) is 1. The lowest BCUT2D eigenvalue weighted by atomic mass is 9.73. The Hall–Kier alpha value is -3.44. The van der Waals surface area contributed by atoms with E-state index in [1.54, 1.807) is 0 Å². The van der Waals surface area contributed by atoms with Crippen LogP contribution in [-0.4, -0.2) is 43.0 Å². The highest BCUT2D eigenvalue weighted by Crippen LogP contribution is 2.41. The standard InChI is InChI=1S/C30H32N2O3/c31-27(33)29(21-23-11-13-25(14-12-23)24-7-3-1-4-8-24)15-18-32(22-29)28(34)30(16-19-35-20-17-30)26-9-5-2-6-10-26/h1-14H,15-22H2,(H2,31,33)/t29-/m0/s1. The van der Waals surface area contributed by atoms with Crippen molar-refractivity contribution in [1.82, 2.24) is 4.90 Å². The molecule has 0 aliphatic carbocycles. The number of likely N-dealkylation sites (tertiary alicyclic amines) is 1. The van der Waals surface area contributed by atoms with Crippen molar-refractivity contribution in [2.24, 2.45) is 11.1 Å². The minimum Gasteiger partial charge on any atom is -0.381 e.